The summed E-state index contributed by atoms with van der Waals surface area (Å²) < 4.78 is 34.7. The summed E-state index contributed by atoms with van der Waals surface area (Å²) in [5.41, 5.74) is 0.977. The molecule has 0 fully saturated rings. The van der Waals surface area contributed by atoms with Crippen molar-refractivity contribution in [3.8, 4) is 5.75 Å². The third kappa shape index (κ3) is 5.46. The van der Waals surface area contributed by atoms with Gasteiger partial charge in [-0.05, 0) is 50.2 Å². The minimum absolute atomic E-state index is 0.0305. The Morgan fingerprint density at radius 3 is 2.44 bits per heavy atom. The predicted molar refractivity (Wildman–Crippen MR) is 133 cm³/mol. The molecule has 0 spiro atoms. The van der Waals surface area contributed by atoms with Crippen molar-refractivity contribution in [3.05, 3.63) is 69.6 Å². The minimum atomic E-state index is -4.08. The summed E-state index contributed by atoms with van der Waals surface area (Å²) in [5.74, 6) is -0.214. The van der Waals surface area contributed by atoms with Crippen molar-refractivity contribution in [2.75, 3.05) is 35.1 Å². The average molecular weight is 505 g/mol. The zero-order valence-electron chi connectivity index (χ0n) is 18.8. The van der Waals surface area contributed by atoms with Crippen LogP contribution in [0.4, 0.5) is 22.1 Å². The molecule has 10 nitrogen and oxygen atoms in total. The van der Waals surface area contributed by atoms with Crippen LogP contribution in [0.15, 0.2) is 59.5 Å². The van der Waals surface area contributed by atoms with Crippen LogP contribution in [0.5, 0.6) is 5.75 Å². The summed E-state index contributed by atoms with van der Waals surface area (Å²) in [5, 5.41) is 13.4. The van der Waals surface area contributed by atoms with Gasteiger partial charge >= 0.3 is 5.00 Å². The molecule has 0 bridgehead atoms. The van der Waals surface area contributed by atoms with E-state index in [4.69, 9.17) is 4.74 Å². The highest BCUT2D eigenvalue weighted by molar-refractivity contribution is 7.93. The first-order valence-electron chi connectivity index (χ1n) is 10.3. The molecular weight excluding hydrogens is 480 g/mol. The number of thiophene rings is 1. The zero-order chi connectivity index (χ0) is 24.9. The first kappa shape index (κ1) is 25.0. The second kappa shape index (κ2) is 10.5. The molecular formula is C22H24N4O6S2. The average Bonchev–Trinajstić information content (AvgIpc) is 3.32. The van der Waals surface area contributed by atoms with E-state index in [1.807, 2.05) is 18.7 Å². The third-order valence-corrected chi connectivity index (χ3v) is 7.39. The van der Waals surface area contributed by atoms with E-state index in [0.29, 0.717) is 24.5 Å². The Bertz CT molecular complexity index is 1300. The van der Waals surface area contributed by atoms with Crippen LogP contribution >= 0.6 is 11.3 Å². The molecule has 0 saturated heterocycles. The number of rotatable bonds is 10. The molecule has 1 aromatic heterocycles. The number of nitro groups is 1. The second-order valence-corrected chi connectivity index (χ2v) is 9.72. The van der Waals surface area contributed by atoms with Crippen LogP contribution in [0.2, 0.25) is 0 Å². The number of sulfonamides is 1. The maximum absolute atomic E-state index is 13.4. The molecule has 34 heavy (non-hydrogen) atoms. The van der Waals surface area contributed by atoms with E-state index in [-0.39, 0.29) is 26.1 Å². The highest BCUT2D eigenvalue weighted by Gasteiger charge is 2.24. The van der Waals surface area contributed by atoms with Crippen molar-refractivity contribution in [1.29, 1.82) is 0 Å². The summed E-state index contributed by atoms with van der Waals surface area (Å²) in [4.78, 5) is 24.9. The number of nitrogens with zero attached hydrogens (tertiary/aromatic N) is 2. The quantitative estimate of drug-likeness (QED) is 0.306. The first-order valence-corrected chi connectivity index (χ1v) is 12.6. The van der Waals surface area contributed by atoms with E-state index in [1.165, 1.54) is 25.3 Å². The van der Waals surface area contributed by atoms with Gasteiger partial charge in [0.15, 0.2) is 0 Å². The number of para-hydroxylation sites is 2. The molecule has 0 aliphatic rings. The van der Waals surface area contributed by atoms with Gasteiger partial charge in [0.25, 0.3) is 15.9 Å². The van der Waals surface area contributed by atoms with Crippen LogP contribution in [0.1, 0.15) is 23.5 Å². The van der Waals surface area contributed by atoms with Crippen LogP contribution in [-0.2, 0) is 10.0 Å². The maximum Gasteiger partial charge on any atom is 0.324 e. The Morgan fingerprint density at radius 2 is 1.82 bits per heavy atom. The lowest BCUT2D eigenvalue weighted by Gasteiger charge is -2.25. The lowest BCUT2D eigenvalue weighted by molar-refractivity contribution is -0.380. The second-order valence-electron chi connectivity index (χ2n) is 7.01. The smallest absolute Gasteiger partial charge is 0.324 e. The molecule has 0 atom stereocenters. The molecule has 180 valence electrons. The van der Waals surface area contributed by atoms with Crippen LogP contribution in [0.25, 0.3) is 0 Å². The van der Waals surface area contributed by atoms with Gasteiger partial charge in [-0.3, -0.25) is 19.6 Å². The highest BCUT2D eigenvalue weighted by atomic mass is 32.2. The molecule has 1 amide bonds. The SMILES string of the molecule is CCN(CC)c1ccc(NC(=O)c2ccc([N+](=O)[O-])s2)cc1S(=O)(=O)Nc1ccccc1OC. The van der Waals surface area contributed by atoms with E-state index in [1.54, 1.807) is 36.4 Å². The molecule has 0 unspecified atom stereocenters. The molecule has 1 heterocycles. The van der Waals surface area contributed by atoms with E-state index in [9.17, 15) is 23.3 Å². The highest BCUT2D eigenvalue weighted by Crippen LogP contribution is 2.33. The van der Waals surface area contributed by atoms with Gasteiger partial charge in [0.2, 0.25) is 0 Å². The molecule has 2 N–H and O–H groups in total. The molecule has 0 radical (unpaired) electrons. The Hall–Kier alpha value is -3.64. The summed E-state index contributed by atoms with van der Waals surface area (Å²) in [7, 11) is -2.64. The zero-order valence-corrected chi connectivity index (χ0v) is 20.4. The molecule has 3 rings (SSSR count). The van der Waals surface area contributed by atoms with Crippen LogP contribution in [-0.4, -0.2) is 39.4 Å². The lowest BCUT2D eigenvalue weighted by atomic mass is 10.2. The van der Waals surface area contributed by atoms with Crippen molar-refractivity contribution in [3.63, 3.8) is 0 Å². The molecule has 12 heteroatoms. The predicted octanol–water partition coefficient (Wildman–Crippen LogP) is 4.56. The van der Waals surface area contributed by atoms with Gasteiger partial charge in [0.1, 0.15) is 10.6 Å². The van der Waals surface area contributed by atoms with Crippen molar-refractivity contribution in [2.24, 2.45) is 0 Å². The van der Waals surface area contributed by atoms with Crippen LogP contribution < -0.4 is 19.7 Å². The van der Waals surface area contributed by atoms with Crippen molar-refractivity contribution in [1.82, 2.24) is 0 Å². The fourth-order valence-electron chi connectivity index (χ4n) is 3.30. The summed E-state index contributed by atoms with van der Waals surface area (Å²) in [6.45, 7) is 4.95. The number of amides is 1. The number of methoxy groups -OCH3 is 1. The van der Waals surface area contributed by atoms with E-state index in [0.717, 1.165) is 11.3 Å². The van der Waals surface area contributed by atoms with E-state index in [2.05, 4.69) is 10.0 Å². The van der Waals surface area contributed by atoms with Crippen LogP contribution in [0.3, 0.4) is 0 Å². The molecule has 0 aliphatic heterocycles. The van der Waals surface area contributed by atoms with Gasteiger partial charge in [-0.1, -0.05) is 23.5 Å². The van der Waals surface area contributed by atoms with Gasteiger partial charge in [-0.25, -0.2) is 8.42 Å². The minimum Gasteiger partial charge on any atom is -0.495 e. The van der Waals surface area contributed by atoms with Gasteiger partial charge in [-0.15, -0.1) is 0 Å². The third-order valence-electron chi connectivity index (χ3n) is 4.96. The number of carbonyl (C=O) groups excluding carboxylic acids is 1. The van der Waals surface area contributed by atoms with Crippen molar-refractivity contribution >= 4 is 49.3 Å². The van der Waals surface area contributed by atoms with Crippen LogP contribution in [0, 0.1) is 10.1 Å². The normalized spacial score (nSPS) is 11.0. The molecule has 0 saturated carbocycles. The number of carbonyl (C=O) groups is 1. The Morgan fingerprint density at radius 1 is 1.12 bits per heavy atom. The summed E-state index contributed by atoms with van der Waals surface area (Å²) in [6, 6.07) is 13.8. The topological polar surface area (TPSA) is 131 Å². The number of anilines is 3. The summed E-state index contributed by atoms with van der Waals surface area (Å²) >= 11 is 0.735. The largest absolute Gasteiger partial charge is 0.495 e. The Labute approximate surface area is 201 Å². The van der Waals surface area contributed by atoms with Gasteiger partial charge in [-0.2, -0.15) is 0 Å². The molecule has 2 aromatic carbocycles. The maximum atomic E-state index is 13.4. The number of hydrogen-bond acceptors (Lipinski definition) is 8. The number of nitrogens with one attached hydrogen (secondary N) is 2. The fraction of sp³-hybridized carbons (Fsp3) is 0.227. The number of hydrogen-bond donors (Lipinski definition) is 2. The molecule has 0 aliphatic carbocycles. The number of ether oxygens (including phenoxy) is 1. The lowest BCUT2D eigenvalue weighted by Crippen LogP contribution is -2.26. The van der Waals surface area contributed by atoms with Gasteiger partial charge in [0.05, 0.1) is 28.3 Å². The molecule has 3 aromatic rings. The van der Waals surface area contributed by atoms with Crippen molar-refractivity contribution in [2.45, 2.75) is 18.7 Å². The van der Waals surface area contributed by atoms with Gasteiger partial charge < -0.3 is 15.0 Å². The number of benzene rings is 2. The van der Waals surface area contributed by atoms with E-state index >= 15 is 0 Å². The standard InChI is InChI=1S/C22H24N4O6S2/c1-4-25(5-2)17-11-10-15(23-22(27)19-12-13-21(33-19)26(28)29)14-20(17)34(30,31)24-16-8-6-7-9-18(16)32-3/h6-14,24H,4-5H2,1-3H3,(H,23,27). The monoisotopic (exact) mass is 504 g/mol. The summed E-state index contributed by atoms with van der Waals surface area (Å²) in [6.07, 6.45) is 0. The van der Waals surface area contributed by atoms with Gasteiger partial charge in [0, 0.05) is 24.8 Å². The Balaban J connectivity index is 2.00. The van der Waals surface area contributed by atoms with Crippen molar-refractivity contribution < 1.29 is 22.9 Å². The fourth-order valence-corrected chi connectivity index (χ4v) is 5.34. The van der Waals surface area contributed by atoms with E-state index < -0.39 is 20.9 Å². The first-order chi connectivity index (χ1) is 16.2. The Kier molecular flexibility index (Phi) is 7.74.